The van der Waals surface area contributed by atoms with Crippen molar-refractivity contribution in [3.8, 4) is 0 Å². The van der Waals surface area contributed by atoms with Crippen molar-refractivity contribution in [2.45, 2.75) is 244 Å². The standard InChI is InChI=1S/C78H119N13O25S/c1-15-45(8)63(54(112-13)40-59(96)90-39-23-27-53(90)66(113-14)46(9)69(99)81-47(10)67(116-117(109,110)111)49-24-18-16-19-25-49)88(11)75(104)61(43(4)5)87-73(103)62(44(6)7)89(12)78(108)114-41-48-29-31-50(32-30-48)82-70(100)51(26-22-37-80-77(79)107)84-72(102)60(42(2)3)86-71(101)52(33-34-56(93)85-74-65(98)64(97)68(115-74)76(105)106)83-55(92)28-20-17-21-38-91-57(94)35-36-58(91)95/h16,18-19,24-25,29-32,35-36,42-47,51-54,60-68,74,97-98H,15,17,20-23,26-28,33-34,37-41H2,1-14H3,(H,81,99)(H,82,100)(H,83,92)(H,84,102)(H,85,93)(H,86,101)(H,87,103)(H,105,106)(H3,79,80,107)(H,109,110,111)/t45-,46+,47+,51-,52-,53-,54+,60-,61-,62-,63-,64-,65+,66+,67+,68-,74?/m0/s1. The number of imide groups is 1. The van der Waals surface area contributed by atoms with E-state index < -0.39 is 215 Å². The Bertz CT molecular complexity index is 3880. The Morgan fingerprint density at radius 2 is 1.31 bits per heavy atom. The molecule has 0 saturated carbocycles. The van der Waals surface area contributed by atoms with E-state index in [-0.39, 0.29) is 69.3 Å². The third kappa shape index (κ3) is 29.1. The number of unbranched alkanes of at least 4 members (excludes halogenated alkanes) is 2. The first-order valence-electron chi connectivity index (χ1n) is 39.3. The second kappa shape index (κ2) is 46.4. The quantitative estimate of drug-likeness (QED) is 0.0255. The highest BCUT2D eigenvalue weighted by molar-refractivity contribution is 7.80. The van der Waals surface area contributed by atoms with Gasteiger partial charge in [-0.15, -0.1) is 0 Å². The van der Waals surface area contributed by atoms with Crippen molar-refractivity contribution in [3.63, 3.8) is 0 Å². The van der Waals surface area contributed by atoms with Gasteiger partial charge in [0, 0.05) is 78.6 Å². The van der Waals surface area contributed by atoms with Crippen molar-refractivity contribution in [3.05, 3.63) is 77.9 Å². The molecule has 17 atom stereocenters. The zero-order valence-electron chi connectivity index (χ0n) is 68.8. The maximum atomic E-state index is 14.9. The van der Waals surface area contributed by atoms with Gasteiger partial charge in [0.05, 0.1) is 42.7 Å². The van der Waals surface area contributed by atoms with Gasteiger partial charge in [0.25, 0.3) is 11.8 Å². The van der Waals surface area contributed by atoms with Crippen LogP contribution in [0.1, 0.15) is 164 Å². The highest BCUT2D eigenvalue weighted by Gasteiger charge is 2.48. The van der Waals surface area contributed by atoms with Gasteiger partial charge in [-0.05, 0) is 98.8 Å². The number of nitrogens with two attached hydrogens (primary N) is 1. The third-order valence-corrected chi connectivity index (χ3v) is 21.5. The van der Waals surface area contributed by atoms with Crippen molar-refractivity contribution in [2.75, 3.05) is 53.3 Å². The SMILES string of the molecule is CC[C@H](C)[C@@H]([C@@H](CC(=O)N1CCC[C@H]1[C@H](OC)[C@@H](C)C(=O)N[C@H](C)[C@@H](OS(=O)(=O)O)c1ccccc1)OC)N(C)C(=O)[C@@H](NC(=O)[C@H](C(C)C)N(C)C(=O)OCc1ccc(NC(=O)[C@H](CCCNC(N)=O)NC(=O)[C@@H](NC(=O)[C@H](CCC(=O)NC2O[C@H](C(=O)O)[C@@H](O)[C@H]2O)NC(=O)CCCCCN2C(=O)C=CC2=O)C(C)C)cc1)C(C)C. The molecule has 0 spiro atoms. The summed E-state index contributed by atoms with van der Waals surface area (Å²) in [6.07, 6.45) is -7.62. The van der Waals surface area contributed by atoms with Gasteiger partial charge in [-0.1, -0.05) is 118 Å². The lowest BCUT2D eigenvalue weighted by atomic mass is 9.89. The minimum atomic E-state index is -4.95. The van der Waals surface area contributed by atoms with Gasteiger partial charge in [0.1, 0.15) is 55.1 Å². The number of ether oxygens (including phenoxy) is 4. The molecular formula is C78H119N13O25S. The van der Waals surface area contributed by atoms with E-state index in [9.17, 15) is 95.4 Å². The first-order valence-corrected chi connectivity index (χ1v) is 40.7. The van der Waals surface area contributed by atoms with Gasteiger partial charge in [-0.3, -0.25) is 67.1 Å². The number of rotatable bonds is 47. The highest BCUT2D eigenvalue weighted by Crippen LogP contribution is 2.32. The summed E-state index contributed by atoms with van der Waals surface area (Å²) in [7, 11) is 0.868. The number of benzene rings is 2. The molecule has 3 heterocycles. The first kappa shape index (κ1) is 97.8. The zero-order chi connectivity index (χ0) is 87.5. The highest BCUT2D eigenvalue weighted by atomic mass is 32.3. The fraction of sp³-hybridized carbons (Fsp3) is 0.641. The number of hydrogen-bond acceptors (Lipinski definition) is 23. The number of aliphatic carboxylic acids is 1. The summed E-state index contributed by atoms with van der Waals surface area (Å²) in [6.45, 7) is 17.2. The largest absolute Gasteiger partial charge is 0.479 e. The Kier molecular flexibility index (Phi) is 38.8. The number of urea groups is 1. The monoisotopic (exact) mass is 1670 g/mol. The summed E-state index contributed by atoms with van der Waals surface area (Å²) in [5.74, 6) is -11.6. The van der Waals surface area contributed by atoms with Crippen LogP contribution in [0.5, 0.6) is 0 Å². The molecule has 0 aliphatic carbocycles. The molecule has 5 rings (SSSR count). The number of primary amides is 1. The topological polar surface area (TPSA) is 535 Å². The van der Waals surface area contributed by atoms with Crippen LogP contribution in [0.25, 0.3) is 0 Å². The summed E-state index contributed by atoms with van der Waals surface area (Å²) >= 11 is 0. The second-order valence-corrected chi connectivity index (χ2v) is 31.8. The summed E-state index contributed by atoms with van der Waals surface area (Å²) < 4.78 is 61.3. The number of likely N-dealkylation sites (N-methyl/N-ethyl adjacent to an activating group) is 2. The smallest absolute Gasteiger partial charge is 0.410 e. The van der Waals surface area contributed by atoms with Gasteiger partial charge in [-0.25, -0.2) is 18.6 Å². The van der Waals surface area contributed by atoms with Crippen molar-refractivity contribution in [1.82, 2.24) is 56.8 Å². The van der Waals surface area contributed by atoms with Crippen LogP contribution in [-0.2, 0) is 97.7 Å². The van der Waals surface area contributed by atoms with Gasteiger partial charge in [0.2, 0.25) is 53.2 Å². The molecule has 39 heteroatoms. The number of hydrogen-bond donors (Lipinski definition) is 13. The van der Waals surface area contributed by atoms with E-state index in [1.54, 1.807) is 90.7 Å². The molecule has 2 aromatic carbocycles. The number of anilines is 1. The summed E-state index contributed by atoms with van der Waals surface area (Å²) in [5.41, 5.74) is 6.30. The lowest BCUT2D eigenvalue weighted by Gasteiger charge is -2.41. The molecule has 2 aromatic rings. The predicted octanol–water partition coefficient (Wildman–Crippen LogP) is 1.82. The van der Waals surface area contributed by atoms with Crippen molar-refractivity contribution in [2.24, 2.45) is 35.3 Å². The predicted molar refractivity (Wildman–Crippen MR) is 421 cm³/mol. The second-order valence-electron chi connectivity index (χ2n) is 30.7. The Balaban J connectivity index is 1.22. The van der Waals surface area contributed by atoms with Gasteiger partial charge >= 0.3 is 28.5 Å². The molecule has 38 nitrogen and oxygen atoms in total. The van der Waals surface area contributed by atoms with Gasteiger partial charge in [0.15, 0.2) is 12.3 Å². The van der Waals surface area contributed by atoms with Crippen molar-refractivity contribution in [1.29, 1.82) is 0 Å². The number of carboxylic acid groups (broad SMARTS) is 1. The molecule has 2 fully saturated rings. The fourth-order valence-electron chi connectivity index (χ4n) is 14.4. The molecule has 1 unspecified atom stereocenters. The van der Waals surface area contributed by atoms with E-state index in [4.69, 9.17) is 28.9 Å². The van der Waals surface area contributed by atoms with E-state index in [1.165, 1.54) is 57.4 Å². The summed E-state index contributed by atoms with van der Waals surface area (Å²) in [6, 6.07) is 4.51. The number of carboxylic acids is 1. The minimum absolute atomic E-state index is 0.0173. The maximum absolute atomic E-state index is 14.9. The Morgan fingerprint density at radius 1 is 0.684 bits per heavy atom. The van der Waals surface area contributed by atoms with Crippen LogP contribution in [0.15, 0.2) is 66.7 Å². The summed E-state index contributed by atoms with van der Waals surface area (Å²) in [5, 5.41) is 50.8. The van der Waals surface area contributed by atoms with E-state index in [2.05, 4.69) is 42.5 Å². The van der Waals surface area contributed by atoms with E-state index >= 15 is 0 Å². The van der Waals surface area contributed by atoms with Gasteiger partial charge < -0.3 is 92.3 Å². The molecule has 3 aliphatic heterocycles. The van der Waals surface area contributed by atoms with Crippen LogP contribution >= 0.6 is 0 Å². The normalized spacial score (nSPS) is 19.8. The molecule has 652 valence electrons. The first-order chi connectivity index (χ1) is 55.0. The number of carbonyl (C=O) groups excluding carboxylic acids is 13. The number of aliphatic hydroxyl groups excluding tert-OH is 2. The van der Waals surface area contributed by atoms with Gasteiger partial charge in [-0.2, -0.15) is 8.42 Å². The molecule has 2 saturated heterocycles. The molecule has 0 radical (unpaired) electrons. The number of likely N-dealkylation sites (tertiary alicyclic amines) is 1. The van der Waals surface area contributed by atoms with E-state index in [0.29, 0.717) is 49.8 Å². The Hall–Kier alpha value is -9.77. The van der Waals surface area contributed by atoms with Crippen LogP contribution in [0.2, 0.25) is 0 Å². The molecule has 14 amide bonds. The van der Waals surface area contributed by atoms with Crippen LogP contribution in [0, 0.1) is 29.6 Å². The van der Waals surface area contributed by atoms with Crippen LogP contribution in [0.4, 0.5) is 15.3 Å². The van der Waals surface area contributed by atoms with Crippen LogP contribution in [-0.4, -0.2) is 264 Å². The minimum Gasteiger partial charge on any atom is -0.479 e. The number of aliphatic hydroxyl groups is 2. The molecule has 117 heavy (non-hydrogen) atoms. The third-order valence-electron chi connectivity index (χ3n) is 21.0. The number of methoxy groups -OCH3 is 2. The fourth-order valence-corrected chi connectivity index (χ4v) is 14.9. The zero-order valence-corrected chi connectivity index (χ0v) is 69.7. The van der Waals surface area contributed by atoms with Crippen molar-refractivity contribution < 1.29 is 119 Å². The van der Waals surface area contributed by atoms with E-state index in [1.807, 2.05) is 13.8 Å². The number of amides is 14. The molecule has 3 aliphatic rings. The van der Waals surface area contributed by atoms with Crippen LogP contribution in [0.3, 0.4) is 0 Å². The Morgan fingerprint density at radius 3 is 1.87 bits per heavy atom. The molecule has 14 N–H and O–H groups in total. The number of carbonyl (C=O) groups is 14. The van der Waals surface area contributed by atoms with Crippen molar-refractivity contribution >= 4 is 99.2 Å². The summed E-state index contributed by atoms with van der Waals surface area (Å²) in [4.78, 5) is 194. The Labute approximate surface area is 682 Å². The molecule has 0 aromatic heterocycles. The number of nitrogens with one attached hydrogen (secondary N) is 8. The van der Waals surface area contributed by atoms with E-state index in [0.717, 1.165) is 22.0 Å². The lowest BCUT2D eigenvalue weighted by Crippen LogP contribution is -2.60. The maximum Gasteiger partial charge on any atom is 0.410 e. The van der Waals surface area contributed by atoms with Crippen LogP contribution < -0.4 is 48.3 Å². The lowest BCUT2D eigenvalue weighted by molar-refractivity contribution is -0.155. The molecule has 0 bridgehead atoms. The number of nitrogens with zero attached hydrogens (tertiary/aromatic N) is 4. The molecular weight excluding hydrogens is 1550 g/mol. The average Bonchev–Trinajstić information content (AvgIpc) is 1.74. The average molecular weight is 1670 g/mol.